The second-order valence-corrected chi connectivity index (χ2v) is 4.55. The summed E-state index contributed by atoms with van der Waals surface area (Å²) in [4.78, 5) is 8.44. The fraction of sp³-hybridized carbons (Fsp3) is 0.300. The molecule has 90 valence electrons. The number of aromatic nitrogens is 4. The molecule has 0 bridgehead atoms. The van der Waals surface area contributed by atoms with Gasteiger partial charge < -0.3 is 10.5 Å². The van der Waals surface area contributed by atoms with Gasteiger partial charge in [-0.15, -0.1) is 0 Å². The van der Waals surface area contributed by atoms with Gasteiger partial charge in [-0.3, -0.25) is 0 Å². The maximum atomic E-state index is 5.73. The molecule has 0 atom stereocenters. The summed E-state index contributed by atoms with van der Waals surface area (Å²) < 4.78 is 7.95. The summed E-state index contributed by atoms with van der Waals surface area (Å²) in [5.41, 5.74) is 5.73. The van der Waals surface area contributed by atoms with Crippen LogP contribution in [0, 0.1) is 3.57 Å². The molecule has 2 rings (SSSR count). The number of nitrogen functional groups attached to an aromatic ring is 1. The van der Waals surface area contributed by atoms with E-state index in [9.17, 15) is 0 Å². The fourth-order valence-electron chi connectivity index (χ4n) is 1.30. The van der Waals surface area contributed by atoms with Crippen LogP contribution in [0.4, 0.5) is 5.82 Å². The molecule has 0 unspecified atom stereocenters. The summed E-state index contributed by atoms with van der Waals surface area (Å²) in [6, 6.07) is 1.68. The number of ether oxygens (including phenoxy) is 1. The minimum atomic E-state index is 0.354. The molecule has 0 saturated carbocycles. The van der Waals surface area contributed by atoms with Crippen molar-refractivity contribution in [1.82, 2.24) is 19.7 Å². The number of halogens is 1. The first-order valence-electron chi connectivity index (χ1n) is 5.10. The van der Waals surface area contributed by atoms with Crippen molar-refractivity contribution in [3.8, 4) is 5.82 Å². The van der Waals surface area contributed by atoms with Gasteiger partial charge in [-0.2, -0.15) is 5.10 Å². The van der Waals surface area contributed by atoms with Crippen molar-refractivity contribution in [2.45, 2.75) is 13.5 Å². The molecule has 0 saturated heterocycles. The Labute approximate surface area is 112 Å². The van der Waals surface area contributed by atoms with E-state index in [0.29, 0.717) is 30.7 Å². The molecule has 2 N–H and O–H groups in total. The maximum Gasteiger partial charge on any atom is 0.159 e. The summed E-state index contributed by atoms with van der Waals surface area (Å²) in [5.74, 6) is 1.62. The lowest BCUT2D eigenvalue weighted by Crippen LogP contribution is -2.07. The second-order valence-electron chi connectivity index (χ2n) is 3.31. The Morgan fingerprint density at radius 1 is 1.47 bits per heavy atom. The van der Waals surface area contributed by atoms with Crippen LogP contribution in [0.15, 0.2) is 18.5 Å². The Balaban J connectivity index is 2.31. The number of anilines is 1. The van der Waals surface area contributed by atoms with E-state index in [4.69, 9.17) is 10.5 Å². The lowest BCUT2D eigenvalue weighted by molar-refractivity contribution is 0.128. The first-order valence-corrected chi connectivity index (χ1v) is 6.18. The monoisotopic (exact) mass is 345 g/mol. The fourth-order valence-corrected chi connectivity index (χ4v) is 1.69. The van der Waals surface area contributed by atoms with Crippen molar-refractivity contribution in [3.05, 3.63) is 27.9 Å². The van der Waals surface area contributed by atoms with Crippen LogP contribution in [0.2, 0.25) is 0 Å². The Hall–Kier alpha value is -1.22. The molecule has 0 aliphatic heterocycles. The molecule has 0 amide bonds. The van der Waals surface area contributed by atoms with Gasteiger partial charge in [0.2, 0.25) is 0 Å². The van der Waals surface area contributed by atoms with Crippen molar-refractivity contribution in [1.29, 1.82) is 0 Å². The molecule has 0 aromatic carbocycles. The average Bonchev–Trinajstić information content (AvgIpc) is 2.72. The molecule has 2 aromatic rings. The van der Waals surface area contributed by atoms with Crippen LogP contribution in [-0.2, 0) is 11.3 Å². The van der Waals surface area contributed by atoms with Crippen molar-refractivity contribution >= 4 is 28.4 Å². The van der Waals surface area contributed by atoms with Crippen LogP contribution in [0.25, 0.3) is 5.82 Å². The minimum Gasteiger partial charge on any atom is -0.384 e. The summed E-state index contributed by atoms with van der Waals surface area (Å²) in [5, 5.41) is 4.17. The lowest BCUT2D eigenvalue weighted by atomic mass is 10.5. The van der Waals surface area contributed by atoms with Crippen LogP contribution in [0.1, 0.15) is 12.7 Å². The second kappa shape index (κ2) is 5.41. The molecular weight excluding hydrogens is 333 g/mol. The third-order valence-electron chi connectivity index (χ3n) is 2.00. The largest absolute Gasteiger partial charge is 0.384 e. The van der Waals surface area contributed by atoms with Gasteiger partial charge in [-0.1, -0.05) is 0 Å². The standard InChI is InChI=1S/C10H12IN5O/c1-2-17-6-9-14-8(12)3-10(15-9)16-5-7(11)4-13-16/h3-5H,2,6H2,1H3,(H2,12,14,15). The van der Waals surface area contributed by atoms with Gasteiger partial charge in [0.05, 0.1) is 9.77 Å². The third-order valence-corrected chi connectivity index (χ3v) is 2.56. The molecular formula is C10H12IN5O. The Morgan fingerprint density at radius 2 is 2.29 bits per heavy atom. The summed E-state index contributed by atoms with van der Waals surface area (Å²) in [7, 11) is 0. The molecule has 17 heavy (non-hydrogen) atoms. The van der Waals surface area contributed by atoms with Crippen LogP contribution < -0.4 is 5.73 Å². The summed E-state index contributed by atoms with van der Waals surface area (Å²) >= 11 is 2.18. The molecule has 2 heterocycles. The third kappa shape index (κ3) is 3.13. The Kier molecular flexibility index (Phi) is 3.89. The first kappa shape index (κ1) is 12.2. The van der Waals surface area contributed by atoms with Crippen molar-refractivity contribution in [2.24, 2.45) is 0 Å². The van der Waals surface area contributed by atoms with E-state index in [1.807, 2.05) is 13.1 Å². The maximum absolute atomic E-state index is 5.73. The molecule has 0 aliphatic rings. The van der Waals surface area contributed by atoms with E-state index < -0.39 is 0 Å². The number of nitrogens with zero attached hydrogens (tertiary/aromatic N) is 4. The molecule has 0 radical (unpaired) electrons. The van der Waals surface area contributed by atoms with Crippen molar-refractivity contribution < 1.29 is 4.74 Å². The highest BCUT2D eigenvalue weighted by atomic mass is 127. The van der Waals surface area contributed by atoms with Crippen molar-refractivity contribution in [3.63, 3.8) is 0 Å². The van der Waals surface area contributed by atoms with Crippen LogP contribution >= 0.6 is 22.6 Å². The van der Waals surface area contributed by atoms with Gasteiger partial charge in [0.1, 0.15) is 12.4 Å². The Morgan fingerprint density at radius 3 is 2.94 bits per heavy atom. The number of hydrogen-bond donors (Lipinski definition) is 1. The predicted octanol–water partition coefficient (Wildman–Crippen LogP) is 1.39. The minimum absolute atomic E-state index is 0.354. The zero-order valence-corrected chi connectivity index (χ0v) is 11.5. The molecule has 0 spiro atoms. The van der Waals surface area contributed by atoms with Gasteiger partial charge >= 0.3 is 0 Å². The van der Waals surface area contributed by atoms with Crippen LogP contribution in [0.3, 0.4) is 0 Å². The number of hydrogen-bond acceptors (Lipinski definition) is 5. The van der Waals surface area contributed by atoms with E-state index in [0.717, 1.165) is 3.57 Å². The molecule has 2 aromatic heterocycles. The molecule has 6 nitrogen and oxygen atoms in total. The van der Waals surface area contributed by atoms with Gasteiger partial charge in [-0.05, 0) is 29.5 Å². The summed E-state index contributed by atoms with van der Waals surface area (Å²) in [6.45, 7) is 2.89. The average molecular weight is 345 g/mol. The summed E-state index contributed by atoms with van der Waals surface area (Å²) in [6.07, 6.45) is 3.62. The van der Waals surface area contributed by atoms with Gasteiger partial charge in [0.15, 0.2) is 11.6 Å². The van der Waals surface area contributed by atoms with Gasteiger partial charge in [0.25, 0.3) is 0 Å². The number of rotatable bonds is 4. The van der Waals surface area contributed by atoms with E-state index in [-0.39, 0.29) is 0 Å². The SMILES string of the molecule is CCOCc1nc(N)cc(-n2cc(I)cn2)n1. The highest BCUT2D eigenvalue weighted by Gasteiger charge is 2.05. The smallest absolute Gasteiger partial charge is 0.159 e. The molecule has 7 heteroatoms. The lowest BCUT2D eigenvalue weighted by Gasteiger charge is -2.05. The van der Waals surface area contributed by atoms with E-state index in [2.05, 4.69) is 37.7 Å². The zero-order valence-electron chi connectivity index (χ0n) is 9.30. The van der Waals surface area contributed by atoms with E-state index in [1.165, 1.54) is 0 Å². The highest BCUT2D eigenvalue weighted by Crippen LogP contribution is 2.10. The Bertz CT molecular complexity index is 513. The molecule has 0 aliphatic carbocycles. The zero-order chi connectivity index (χ0) is 12.3. The predicted molar refractivity (Wildman–Crippen MR) is 71.6 cm³/mol. The first-order chi connectivity index (χ1) is 8.19. The normalized spacial score (nSPS) is 10.7. The topological polar surface area (TPSA) is 78.9 Å². The van der Waals surface area contributed by atoms with E-state index in [1.54, 1.807) is 16.9 Å². The van der Waals surface area contributed by atoms with Crippen LogP contribution in [-0.4, -0.2) is 26.4 Å². The highest BCUT2D eigenvalue weighted by molar-refractivity contribution is 14.1. The van der Waals surface area contributed by atoms with Crippen LogP contribution in [0.5, 0.6) is 0 Å². The quantitative estimate of drug-likeness (QED) is 0.848. The van der Waals surface area contributed by atoms with E-state index >= 15 is 0 Å². The number of nitrogens with two attached hydrogens (primary N) is 1. The molecule has 0 fully saturated rings. The van der Waals surface area contributed by atoms with Crippen molar-refractivity contribution in [2.75, 3.05) is 12.3 Å². The van der Waals surface area contributed by atoms with Gasteiger partial charge in [-0.25, -0.2) is 14.6 Å². The van der Waals surface area contributed by atoms with Gasteiger partial charge in [0, 0.05) is 18.9 Å².